The fourth-order valence-electron chi connectivity index (χ4n) is 2.29. The van der Waals surface area contributed by atoms with Gasteiger partial charge in [-0.3, -0.25) is 4.99 Å². The smallest absolute Gasteiger partial charge is 0.191 e. The summed E-state index contributed by atoms with van der Waals surface area (Å²) in [7, 11) is 3.71. The van der Waals surface area contributed by atoms with E-state index in [2.05, 4.69) is 20.5 Å². The Hall–Kier alpha value is -0.970. The predicted octanol–water partition coefficient (Wildman–Crippen LogP) is 2.48. The summed E-state index contributed by atoms with van der Waals surface area (Å²) < 4.78 is 23.3. The van der Waals surface area contributed by atoms with Crippen molar-refractivity contribution in [2.24, 2.45) is 4.99 Å². The zero-order chi connectivity index (χ0) is 19.0. The highest BCUT2D eigenvalue weighted by Gasteiger charge is 2.02. The van der Waals surface area contributed by atoms with Crippen LogP contribution in [0.1, 0.15) is 18.9 Å². The van der Waals surface area contributed by atoms with Crippen LogP contribution in [-0.2, 0) is 16.0 Å². The highest BCUT2D eigenvalue weighted by Crippen LogP contribution is 2.04. The molecule has 0 amide bonds. The second-order valence-corrected chi connectivity index (χ2v) is 6.01. The van der Waals surface area contributed by atoms with Crippen LogP contribution in [0.5, 0.6) is 0 Å². The molecular weight excluding hydrogens is 462 g/mol. The van der Waals surface area contributed by atoms with Crippen molar-refractivity contribution in [1.29, 1.82) is 0 Å². The molecule has 0 spiro atoms. The van der Waals surface area contributed by atoms with E-state index in [1.807, 2.05) is 26.1 Å². The molecular formula is C19H34FIN4O2. The largest absolute Gasteiger partial charge is 0.382 e. The third-order valence-corrected chi connectivity index (χ3v) is 3.64. The molecule has 1 rings (SSSR count). The molecule has 2 N–H and O–H groups in total. The third kappa shape index (κ3) is 13.8. The molecule has 0 aliphatic rings. The molecule has 8 heteroatoms. The zero-order valence-electron chi connectivity index (χ0n) is 16.7. The Bertz CT molecular complexity index is 503. The van der Waals surface area contributed by atoms with Crippen molar-refractivity contribution in [3.05, 3.63) is 35.6 Å². The molecule has 6 nitrogen and oxygen atoms in total. The first-order chi connectivity index (χ1) is 12.7. The number of hydrogen-bond donors (Lipinski definition) is 2. The van der Waals surface area contributed by atoms with Gasteiger partial charge in [0.05, 0.1) is 13.2 Å². The highest BCUT2D eigenvalue weighted by atomic mass is 127. The van der Waals surface area contributed by atoms with Gasteiger partial charge in [-0.2, -0.15) is 0 Å². The maximum absolute atomic E-state index is 12.9. The number of guanidine groups is 1. The van der Waals surface area contributed by atoms with E-state index in [1.54, 1.807) is 7.11 Å². The molecule has 156 valence electrons. The number of aliphatic imine (C=N–C) groups is 1. The van der Waals surface area contributed by atoms with Gasteiger partial charge in [-0.15, -0.1) is 24.0 Å². The summed E-state index contributed by atoms with van der Waals surface area (Å²) in [6.45, 7) is 7.95. The van der Waals surface area contributed by atoms with Gasteiger partial charge < -0.3 is 25.0 Å². The fourth-order valence-corrected chi connectivity index (χ4v) is 2.29. The van der Waals surface area contributed by atoms with Gasteiger partial charge in [-0.25, -0.2) is 4.39 Å². The van der Waals surface area contributed by atoms with Gasteiger partial charge in [0.1, 0.15) is 5.82 Å². The summed E-state index contributed by atoms with van der Waals surface area (Å²) in [6.07, 6.45) is 0.880. The van der Waals surface area contributed by atoms with E-state index in [9.17, 15) is 4.39 Å². The van der Waals surface area contributed by atoms with Crippen LogP contribution in [0.2, 0.25) is 0 Å². The van der Waals surface area contributed by atoms with E-state index in [4.69, 9.17) is 9.47 Å². The molecule has 27 heavy (non-hydrogen) atoms. The van der Waals surface area contributed by atoms with Crippen molar-refractivity contribution in [2.45, 2.75) is 19.9 Å². The van der Waals surface area contributed by atoms with Crippen LogP contribution >= 0.6 is 24.0 Å². The van der Waals surface area contributed by atoms with Crippen molar-refractivity contribution >= 4 is 29.9 Å². The molecule has 0 heterocycles. The molecule has 1 aromatic carbocycles. The number of ether oxygens (including phenoxy) is 2. The zero-order valence-corrected chi connectivity index (χ0v) is 19.0. The van der Waals surface area contributed by atoms with Crippen LogP contribution in [0.15, 0.2) is 29.3 Å². The number of methoxy groups -OCH3 is 1. The van der Waals surface area contributed by atoms with Crippen LogP contribution in [0.4, 0.5) is 4.39 Å². The first-order valence-corrected chi connectivity index (χ1v) is 9.17. The summed E-state index contributed by atoms with van der Waals surface area (Å²) in [5, 5.41) is 6.58. The van der Waals surface area contributed by atoms with Crippen molar-refractivity contribution in [1.82, 2.24) is 15.5 Å². The second kappa shape index (κ2) is 17.2. The standard InChI is InChI=1S/C19H33FN4O2.HI/c1-4-21-19(22-10-5-13-26-15-14-25-3)23-11-12-24(2)16-17-6-8-18(20)9-7-17;/h6-9H,4-5,10-16H2,1-3H3,(H2,21,22,23);1H. The summed E-state index contributed by atoms with van der Waals surface area (Å²) >= 11 is 0. The van der Waals surface area contributed by atoms with Crippen molar-refractivity contribution in [2.75, 3.05) is 60.2 Å². The topological polar surface area (TPSA) is 58.1 Å². The van der Waals surface area contributed by atoms with Crippen molar-refractivity contribution in [3.8, 4) is 0 Å². The van der Waals surface area contributed by atoms with Crippen LogP contribution in [0.25, 0.3) is 0 Å². The number of halogens is 2. The molecule has 0 radical (unpaired) electrons. The Labute approximate surface area is 179 Å². The van der Waals surface area contributed by atoms with Crippen LogP contribution in [0.3, 0.4) is 0 Å². The summed E-state index contributed by atoms with van der Waals surface area (Å²) in [5.41, 5.74) is 1.10. The monoisotopic (exact) mass is 496 g/mol. The molecule has 1 aromatic rings. The second-order valence-electron chi connectivity index (χ2n) is 6.01. The van der Waals surface area contributed by atoms with Crippen LogP contribution in [-0.4, -0.2) is 71.0 Å². The number of rotatable bonds is 13. The lowest BCUT2D eigenvalue weighted by Crippen LogP contribution is -2.41. The summed E-state index contributed by atoms with van der Waals surface area (Å²) in [6, 6.07) is 6.63. The van der Waals surface area contributed by atoms with E-state index >= 15 is 0 Å². The minimum atomic E-state index is -0.200. The minimum absolute atomic E-state index is 0. The first kappa shape index (κ1) is 26.0. The number of nitrogens with one attached hydrogen (secondary N) is 2. The van der Waals surface area contributed by atoms with Gasteiger partial charge in [-0.05, 0) is 38.1 Å². The van der Waals surface area contributed by atoms with Gasteiger partial charge in [0.2, 0.25) is 0 Å². The lowest BCUT2D eigenvalue weighted by atomic mass is 10.2. The van der Waals surface area contributed by atoms with Gasteiger partial charge >= 0.3 is 0 Å². The van der Waals surface area contributed by atoms with Gasteiger partial charge in [0, 0.05) is 46.4 Å². The number of hydrogen-bond acceptors (Lipinski definition) is 4. The predicted molar refractivity (Wildman–Crippen MR) is 119 cm³/mol. The van der Waals surface area contributed by atoms with E-state index in [0.29, 0.717) is 26.4 Å². The maximum atomic E-state index is 12.9. The molecule has 0 aliphatic heterocycles. The minimum Gasteiger partial charge on any atom is -0.382 e. The van der Waals surface area contributed by atoms with E-state index in [0.717, 1.165) is 44.1 Å². The fraction of sp³-hybridized carbons (Fsp3) is 0.632. The van der Waals surface area contributed by atoms with Crippen molar-refractivity contribution in [3.63, 3.8) is 0 Å². The number of benzene rings is 1. The lowest BCUT2D eigenvalue weighted by molar-refractivity contribution is 0.0702. The van der Waals surface area contributed by atoms with Crippen LogP contribution in [0, 0.1) is 5.82 Å². The first-order valence-electron chi connectivity index (χ1n) is 9.17. The van der Waals surface area contributed by atoms with Crippen LogP contribution < -0.4 is 10.6 Å². The Morgan fingerprint density at radius 3 is 2.56 bits per heavy atom. The Morgan fingerprint density at radius 2 is 1.89 bits per heavy atom. The van der Waals surface area contributed by atoms with E-state index < -0.39 is 0 Å². The molecule has 0 saturated carbocycles. The summed E-state index contributed by atoms with van der Waals surface area (Å²) in [4.78, 5) is 6.73. The average molecular weight is 496 g/mol. The molecule has 0 fully saturated rings. The Morgan fingerprint density at radius 1 is 1.15 bits per heavy atom. The van der Waals surface area contributed by atoms with E-state index in [-0.39, 0.29) is 29.8 Å². The maximum Gasteiger partial charge on any atom is 0.191 e. The number of likely N-dealkylation sites (N-methyl/N-ethyl adjacent to an activating group) is 1. The quantitative estimate of drug-likeness (QED) is 0.190. The molecule has 0 bridgehead atoms. The van der Waals surface area contributed by atoms with Gasteiger partial charge in [-0.1, -0.05) is 12.1 Å². The highest BCUT2D eigenvalue weighted by molar-refractivity contribution is 14.0. The SMILES string of the molecule is CCNC(=NCCCOCCOC)NCCN(C)Cc1ccc(F)cc1.I. The van der Waals surface area contributed by atoms with E-state index in [1.165, 1.54) is 12.1 Å². The molecule has 0 aromatic heterocycles. The third-order valence-electron chi connectivity index (χ3n) is 3.64. The number of nitrogens with zero attached hydrogens (tertiary/aromatic N) is 2. The Balaban J connectivity index is 0.00000676. The molecule has 0 unspecified atom stereocenters. The molecule has 0 saturated heterocycles. The Kier molecular flexibility index (Phi) is 16.5. The summed E-state index contributed by atoms with van der Waals surface area (Å²) in [5.74, 6) is 0.619. The average Bonchev–Trinajstić information content (AvgIpc) is 2.63. The lowest BCUT2D eigenvalue weighted by Gasteiger charge is -2.18. The van der Waals surface area contributed by atoms with Gasteiger partial charge in [0.15, 0.2) is 5.96 Å². The van der Waals surface area contributed by atoms with Crippen molar-refractivity contribution < 1.29 is 13.9 Å². The molecule has 0 aliphatic carbocycles. The molecule has 0 atom stereocenters. The normalized spacial score (nSPS) is 11.4. The van der Waals surface area contributed by atoms with Gasteiger partial charge in [0.25, 0.3) is 0 Å².